The Hall–Kier alpha value is -3.54. The number of aliphatic carboxylic acids is 4. The number of amides is 1. The van der Waals surface area contributed by atoms with Gasteiger partial charge >= 0.3 is 23.9 Å². The van der Waals surface area contributed by atoms with E-state index in [1.54, 1.807) is 0 Å². The lowest BCUT2D eigenvalue weighted by molar-refractivity contribution is -0.159. The fourth-order valence-electron chi connectivity index (χ4n) is 3.73. The number of anilines is 1. The summed E-state index contributed by atoms with van der Waals surface area (Å²) in [6, 6.07) is 0. The second-order valence-electron chi connectivity index (χ2n) is 7.63. The van der Waals surface area contributed by atoms with Crippen LogP contribution in [0.15, 0.2) is 0 Å². The van der Waals surface area contributed by atoms with Crippen molar-refractivity contribution in [3.8, 4) is 0 Å². The minimum Gasteiger partial charge on any atom is -0.473 e. The van der Waals surface area contributed by atoms with E-state index in [-0.39, 0.29) is 5.91 Å². The fourth-order valence-corrected chi connectivity index (χ4v) is 3.73. The van der Waals surface area contributed by atoms with Gasteiger partial charge in [0.05, 0.1) is 12.2 Å². The largest absolute Gasteiger partial charge is 0.473 e. The Labute approximate surface area is 196 Å². The van der Waals surface area contributed by atoms with Crippen LogP contribution in [0.25, 0.3) is 0 Å². The van der Waals surface area contributed by atoms with Crippen molar-refractivity contribution in [2.75, 3.05) is 25.0 Å². The maximum Gasteiger partial charge on any atom is 0.414 e. The molecule has 12 nitrogen and oxygen atoms in total. The molecule has 2 aliphatic carbocycles. The van der Waals surface area contributed by atoms with Gasteiger partial charge < -0.3 is 25.7 Å². The number of fused-ring (bicyclic) bond motifs is 2. The van der Waals surface area contributed by atoms with Crippen LogP contribution in [0.4, 0.5) is 5.69 Å². The van der Waals surface area contributed by atoms with E-state index < -0.39 is 23.9 Å². The summed E-state index contributed by atoms with van der Waals surface area (Å²) in [6.07, 6.45) is 7.89. The number of likely N-dealkylation sites (N-methyl/N-ethyl adjacent to an activating group) is 1. The van der Waals surface area contributed by atoms with Gasteiger partial charge in [0.1, 0.15) is 0 Å². The van der Waals surface area contributed by atoms with Crippen molar-refractivity contribution < 1.29 is 44.4 Å². The molecule has 0 bridgehead atoms. The van der Waals surface area contributed by atoms with Crippen molar-refractivity contribution in [1.29, 1.82) is 0 Å². The van der Waals surface area contributed by atoms with Crippen LogP contribution in [-0.2, 0) is 49.7 Å². The first-order chi connectivity index (χ1) is 16.0. The Morgan fingerprint density at radius 2 is 1.15 bits per heavy atom. The van der Waals surface area contributed by atoms with E-state index in [9.17, 15) is 4.79 Å². The van der Waals surface area contributed by atoms with Gasteiger partial charge in [-0.3, -0.25) is 14.7 Å². The van der Waals surface area contributed by atoms with Gasteiger partial charge in [-0.05, 0) is 69.2 Å². The number of aryl methyl sites for hydroxylation is 2. The first kappa shape index (κ1) is 28.5. The average molecular weight is 482 g/mol. The molecule has 0 radical (unpaired) electrons. The summed E-state index contributed by atoms with van der Waals surface area (Å²) in [7, 11) is 0. The monoisotopic (exact) mass is 481 g/mol. The highest BCUT2D eigenvalue weighted by molar-refractivity contribution is 6.27. The van der Waals surface area contributed by atoms with Crippen LogP contribution < -0.4 is 5.32 Å². The van der Waals surface area contributed by atoms with Crippen molar-refractivity contribution in [2.45, 2.75) is 58.8 Å². The number of nitrogens with zero attached hydrogens (tertiary/aromatic N) is 2. The molecule has 0 aromatic carbocycles. The number of carboxylic acid groups (broad SMARTS) is 4. The number of carbonyl (C=O) groups is 5. The molecule has 0 fully saturated rings. The van der Waals surface area contributed by atoms with Crippen LogP contribution in [0.5, 0.6) is 0 Å². The number of aromatic nitrogens is 1. The van der Waals surface area contributed by atoms with Gasteiger partial charge in [0.15, 0.2) is 0 Å². The van der Waals surface area contributed by atoms with E-state index in [0.29, 0.717) is 6.54 Å². The Morgan fingerprint density at radius 1 is 0.735 bits per heavy atom. The van der Waals surface area contributed by atoms with E-state index in [4.69, 9.17) is 44.6 Å². The van der Waals surface area contributed by atoms with E-state index in [1.807, 2.05) is 0 Å². The average Bonchev–Trinajstić information content (AvgIpc) is 3.26. The van der Waals surface area contributed by atoms with Gasteiger partial charge in [-0.2, -0.15) is 0 Å². The summed E-state index contributed by atoms with van der Waals surface area (Å²) in [5, 5.41) is 32.8. The minimum atomic E-state index is -1.82. The number of carbonyl (C=O) groups excluding carboxylic acids is 1. The molecular formula is C22H31N3O9. The minimum absolute atomic E-state index is 0.122. The Balaban J connectivity index is 0.000000401. The first-order valence-electron chi connectivity index (χ1n) is 11.0. The molecule has 3 rings (SSSR count). The first-order valence-corrected chi connectivity index (χ1v) is 11.0. The van der Waals surface area contributed by atoms with E-state index in [1.165, 1.54) is 41.8 Å². The molecule has 0 saturated heterocycles. The lowest BCUT2D eigenvalue weighted by Gasteiger charge is -2.23. The lowest BCUT2D eigenvalue weighted by atomic mass is 9.92. The number of rotatable bonds is 5. The van der Waals surface area contributed by atoms with Gasteiger partial charge in [-0.15, -0.1) is 0 Å². The summed E-state index contributed by atoms with van der Waals surface area (Å²) in [5.74, 6) is -7.17. The second-order valence-corrected chi connectivity index (χ2v) is 7.63. The standard InChI is InChI=1S/C18H27N3O.2C2H2O4/c1-3-21(4-2)12-17(22)20-18-13-8-5-6-10-15(13)19-16-11-7-9-14(16)18;2*3-1(4)2(5)6/h3-12H2,1-2H3,(H,19,20,22);2*(H,3,4)(H,5,6). The molecule has 0 aliphatic heterocycles. The molecule has 1 aromatic heterocycles. The Kier molecular flexibility index (Phi) is 11.6. The molecule has 188 valence electrons. The SMILES string of the molecule is CCN(CC)CC(=O)Nc1c2c(nc3c1CCC3)CCCC2.O=C(O)C(=O)O.O=C(O)C(=O)O. The number of hydrogen-bond acceptors (Lipinski definition) is 7. The van der Waals surface area contributed by atoms with Crippen molar-refractivity contribution in [3.05, 3.63) is 22.5 Å². The molecule has 1 aromatic rings. The molecule has 34 heavy (non-hydrogen) atoms. The van der Waals surface area contributed by atoms with Crippen LogP contribution in [0.1, 0.15) is 55.6 Å². The topological polar surface area (TPSA) is 194 Å². The molecule has 1 amide bonds. The summed E-state index contributed by atoms with van der Waals surface area (Å²) in [4.78, 5) is 55.9. The molecule has 2 aliphatic rings. The smallest absolute Gasteiger partial charge is 0.414 e. The molecule has 12 heteroatoms. The zero-order valence-corrected chi connectivity index (χ0v) is 19.3. The summed E-state index contributed by atoms with van der Waals surface area (Å²) < 4.78 is 0. The zero-order valence-electron chi connectivity index (χ0n) is 19.3. The highest BCUT2D eigenvalue weighted by Crippen LogP contribution is 2.35. The van der Waals surface area contributed by atoms with Gasteiger partial charge in [0.2, 0.25) is 5.91 Å². The molecule has 5 N–H and O–H groups in total. The highest BCUT2D eigenvalue weighted by atomic mass is 16.4. The molecule has 0 saturated carbocycles. The lowest BCUT2D eigenvalue weighted by Crippen LogP contribution is -2.33. The van der Waals surface area contributed by atoms with Crippen LogP contribution in [0.3, 0.4) is 0 Å². The van der Waals surface area contributed by atoms with E-state index in [0.717, 1.165) is 44.5 Å². The summed E-state index contributed by atoms with van der Waals surface area (Å²) >= 11 is 0. The summed E-state index contributed by atoms with van der Waals surface area (Å²) in [6.45, 7) is 6.51. The van der Waals surface area contributed by atoms with Crippen LogP contribution in [-0.4, -0.2) is 79.7 Å². The molecular weight excluding hydrogens is 450 g/mol. The fraction of sp³-hybridized carbons (Fsp3) is 0.545. The van der Waals surface area contributed by atoms with Gasteiger partial charge in [-0.1, -0.05) is 13.8 Å². The maximum absolute atomic E-state index is 12.5. The normalized spacial score (nSPS) is 13.3. The number of carboxylic acids is 4. The van der Waals surface area contributed by atoms with E-state index in [2.05, 4.69) is 24.1 Å². The molecule has 0 atom stereocenters. The van der Waals surface area contributed by atoms with Crippen LogP contribution in [0, 0.1) is 0 Å². The third-order valence-corrected chi connectivity index (χ3v) is 5.39. The van der Waals surface area contributed by atoms with Crippen molar-refractivity contribution in [1.82, 2.24) is 9.88 Å². The predicted octanol–water partition coefficient (Wildman–Crippen LogP) is 1.04. The number of hydrogen-bond donors (Lipinski definition) is 5. The van der Waals surface area contributed by atoms with Crippen molar-refractivity contribution in [2.24, 2.45) is 0 Å². The van der Waals surface area contributed by atoms with Crippen LogP contribution >= 0.6 is 0 Å². The molecule has 1 heterocycles. The van der Waals surface area contributed by atoms with Gasteiger partial charge in [0.25, 0.3) is 0 Å². The Morgan fingerprint density at radius 3 is 1.59 bits per heavy atom. The number of pyridine rings is 1. The van der Waals surface area contributed by atoms with Gasteiger partial charge in [-0.25, -0.2) is 19.2 Å². The molecule has 0 spiro atoms. The maximum atomic E-state index is 12.5. The van der Waals surface area contributed by atoms with Crippen LogP contribution in [0.2, 0.25) is 0 Å². The second kappa shape index (κ2) is 13.9. The Bertz CT molecular complexity index is 879. The predicted molar refractivity (Wildman–Crippen MR) is 120 cm³/mol. The molecule has 0 unspecified atom stereocenters. The third-order valence-electron chi connectivity index (χ3n) is 5.39. The highest BCUT2D eigenvalue weighted by Gasteiger charge is 2.25. The van der Waals surface area contributed by atoms with E-state index >= 15 is 0 Å². The van der Waals surface area contributed by atoms with Crippen molar-refractivity contribution in [3.63, 3.8) is 0 Å². The summed E-state index contributed by atoms with van der Waals surface area (Å²) in [5.41, 5.74) is 6.23. The zero-order chi connectivity index (χ0) is 25.8. The third kappa shape index (κ3) is 8.77. The van der Waals surface area contributed by atoms with Crippen molar-refractivity contribution >= 4 is 35.5 Å². The quantitative estimate of drug-likeness (QED) is 0.377. The number of nitrogens with one attached hydrogen (secondary N) is 1. The van der Waals surface area contributed by atoms with Gasteiger partial charge in [0, 0.05) is 11.4 Å².